The highest BCUT2D eigenvalue weighted by Crippen LogP contribution is 2.41. The molecule has 0 radical (unpaired) electrons. The second kappa shape index (κ2) is 6.17. The van der Waals surface area contributed by atoms with E-state index in [9.17, 15) is 4.79 Å². The Kier molecular flexibility index (Phi) is 4.35. The Morgan fingerprint density at radius 3 is 2.71 bits per heavy atom. The predicted octanol–water partition coefficient (Wildman–Crippen LogP) is 4.00. The molecule has 126 valence electrons. The van der Waals surface area contributed by atoms with Crippen LogP contribution in [0.15, 0.2) is 30.6 Å². The molecule has 0 bridgehead atoms. The first-order valence-corrected chi connectivity index (χ1v) is 8.65. The molecule has 4 nitrogen and oxygen atoms in total. The molecule has 0 aromatic carbocycles. The maximum absolute atomic E-state index is 13.1. The van der Waals surface area contributed by atoms with Crippen LogP contribution in [0.25, 0.3) is 0 Å². The molecule has 0 saturated heterocycles. The van der Waals surface area contributed by atoms with Crippen molar-refractivity contribution in [3.63, 3.8) is 0 Å². The van der Waals surface area contributed by atoms with E-state index in [1.54, 1.807) is 6.20 Å². The van der Waals surface area contributed by atoms with Gasteiger partial charge in [-0.2, -0.15) is 0 Å². The summed E-state index contributed by atoms with van der Waals surface area (Å²) in [7, 11) is 0. The normalized spacial score (nSPS) is 17.3. The van der Waals surface area contributed by atoms with Crippen molar-refractivity contribution in [1.82, 2.24) is 9.97 Å². The van der Waals surface area contributed by atoms with E-state index in [-0.39, 0.29) is 17.4 Å². The maximum Gasteiger partial charge on any atom is 0.236 e. The molecule has 0 aliphatic carbocycles. The molecular weight excluding hydrogens is 322 g/mol. The van der Waals surface area contributed by atoms with Gasteiger partial charge < -0.3 is 0 Å². The zero-order valence-electron chi connectivity index (χ0n) is 14.5. The minimum absolute atomic E-state index is 0.0825. The van der Waals surface area contributed by atoms with Crippen molar-refractivity contribution in [2.45, 2.75) is 51.5 Å². The van der Waals surface area contributed by atoms with E-state index in [1.807, 2.05) is 57.0 Å². The standard InChI is InChI=1S/C19H22ClN3O/c1-12-8-13(10-20)16(22-11-12)9-15-14-6-5-7-21-17(14)23(18(15)24)19(2,3)4/h5-8,11,15H,9-10H2,1-4H3. The van der Waals surface area contributed by atoms with Crippen molar-refractivity contribution in [3.05, 3.63) is 53.0 Å². The number of alkyl halides is 1. The molecule has 1 amide bonds. The molecule has 2 aromatic rings. The molecule has 1 aliphatic rings. The summed E-state index contributed by atoms with van der Waals surface area (Å²) in [6.07, 6.45) is 4.12. The van der Waals surface area contributed by atoms with E-state index < -0.39 is 0 Å². The number of anilines is 1. The van der Waals surface area contributed by atoms with E-state index in [4.69, 9.17) is 11.6 Å². The van der Waals surface area contributed by atoms with Crippen LogP contribution in [0.3, 0.4) is 0 Å². The third-order valence-electron chi connectivity index (χ3n) is 4.33. The molecule has 1 unspecified atom stereocenters. The Hall–Kier alpha value is -1.94. The highest BCUT2D eigenvalue weighted by molar-refractivity contribution is 6.17. The molecule has 2 aromatic heterocycles. The minimum atomic E-state index is -0.315. The van der Waals surface area contributed by atoms with Crippen molar-refractivity contribution >= 4 is 23.3 Å². The van der Waals surface area contributed by atoms with Gasteiger partial charge in [0.2, 0.25) is 5.91 Å². The Morgan fingerprint density at radius 1 is 1.29 bits per heavy atom. The van der Waals surface area contributed by atoms with Crippen molar-refractivity contribution in [2.24, 2.45) is 0 Å². The van der Waals surface area contributed by atoms with E-state index in [0.717, 1.165) is 28.2 Å². The van der Waals surface area contributed by atoms with Crippen molar-refractivity contribution in [2.75, 3.05) is 4.90 Å². The van der Waals surface area contributed by atoms with Gasteiger partial charge in [-0.15, -0.1) is 11.6 Å². The van der Waals surface area contributed by atoms with Gasteiger partial charge in [-0.25, -0.2) is 4.98 Å². The molecule has 0 saturated carbocycles. The fourth-order valence-electron chi connectivity index (χ4n) is 3.26. The van der Waals surface area contributed by atoms with Crippen LogP contribution in [0, 0.1) is 6.92 Å². The SMILES string of the molecule is Cc1cnc(CC2C(=O)N(C(C)(C)C)c3ncccc32)c(CCl)c1. The average Bonchev–Trinajstić information content (AvgIpc) is 2.81. The smallest absolute Gasteiger partial charge is 0.236 e. The topological polar surface area (TPSA) is 46.1 Å². The van der Waals surface area contributed by atoms with Crippen LogP contribution in [-0.2, 0) is 17.1 Å². The molecule has 3 heterocycles. The lowest BCUT2D eigenvalue weighted by Gasteiger charge is -2.31. The van der Waals surface area contributed by atoms with Crippen molar-refractivity contribution in [3.8, 4) is 0 Å². The molecule has 1 aliphatic heterocycles. The summed E-state index contributed by atoms with van der Waals surface area (Å²) in [5.41, 5.74) is 3.61. The maximum atomic E-state index is 13.1. The van der Waals surface area contributed by atoms with E-state index >= 15 is 0 Å². The van der Waals surface area contributed by atoms with Gasteiger partial charge in [0.15, 0.2) is 0 Å². The number of rotatable bonds is 3. The number of halogens is 1. The zero-order valence-corrected chi connectivity index (χ0v) is 15.3. The number of nitrogens with zero attached hydrogens (tertiary/aromatic N) is 3. The third kappa shape index (κ3) is 2.91. The lowest BCUT2D eigenvalue weighted by molar-refractivity contribution is -0.120. The van der Waals surface area contributed by atoms with Gasteiger partial charge in [-0.1, -0.05) is 12.1 Å². The fraction of sp³-hybridized carbons (Fsp3) is 0.421. The van der Waals surface area contributed by atoms with Crippen LogP contribution in [0.5, 0.6) is 0 Å². The lowest BCUT2D eigenvalue weighted by Crippen LogP contribution is -2.45. The summed E-state index contributed by atoms with van der Waals surface area (Å²) in [6.45, 7) is 8.08. The van der Waals surface area contributed by atoms with Crippen LogP contribution in [0.1, 0.15) is 49.1 Å². The summed E-state index contributed by atoms with van der Waals surface area (Å²) in [6, 6.07) is 5.92. The summed E-state index contributed by atoms with van der Waals surface area (Å²) < 4.78 is 0. The van der Waals surface area contributed by atoms with Gasteiger partial charge in [0.1, 0.15) is 5.82 Å². The summed E-state index contributed by atoms with van der Waals surface area (Å²) in [5.74, 6) is 0.983. The summed E-state index contributed by atoms with van der Waals surface area (Å²) >= 11 is 6.08. The molecule has 5 heteroatoms. The molecule has 1 atom stereocenters. The van der Waals surface area contributed by atoms with E-state index in [2.05, 4.69) is 9.97 Å². The van der Waals surface area contributed by atoms with E-state index in [1.165, 1.54) is 0 Å². The number of carbonyl (C=O) groups is 1. The third-order valence-corrected chi connectivity index (χ3v) is 4.62. The number of carbonyl (C=O) groups excluding carboxylic acids is 1. The zero-order chi connectivity index (χ0) is 17.5. The van der Waals surface area contributed by atoms with Crippen LogP contribution >= 0.6 is 11.6 Å². The first-order valence-electron chi connectivity index (χ1n) is 8.12. The number of aryl methyl sites for hydroxylation is 1. The number of hydrogen-bond acceptors (Lipinski definition) is 3. The molecule has 3 rings (SSSR count). The molecule has 0 N–H and O–H groups in total. The van der Waals surface area contributed by atoms with Crippen LogP contribution in [0.2, 0.25) is 0 Å². The number of fused-ring (bicyclic) bond motifs is 1. The van der Waals surface area contributed by atoms with Gasteiger partial charge in [-0.05, 0) is 44.9 Å². The van der Waals surface area contributed by atoms with Crippen molar-refractivity contribution in [1.29, 1.82) is 0 Å². The van der Waals surface area contributed by atoms with Gasteiger partial charge in [-0.3, -0.25) is 14.7 Å². The van der Waals surface area contributed by atoms with Crippen molar-refractivity contribution < 1.29 is 4.79 Å². The molecular formula is C19H22ClN3O. The highest BCUT2D eigenvalue weighted by Gasteiger charge is 2.43. The highest BCUT2D eigenvalue weighted by atomic mass is 35.5. The van der Waals surface area contributed by atoms with Crippen LogP contribution < -0.4 is 4.90 Å². The Bertz CT molecular complexity index is 782. The lowest BCUT2D eigenvalue weighted by atomic mass is 9.94. The number of pyridine rings is 2. The minimum Gasteiger partial charge on any atom is -0.291 e. The average molecular weight is 344 g/mol. The first kappa shape index (κ1) is 16.9. The molecule has 0 fully saturated rings. The Balaban J connectivity index is 2.02. The number of hydrogen-bond donors (Lipinski definition) is 0. The Morgan fingerprint density at radius 2 is 2.04 bits per heavy atom. The van der Waals surface area contributed by atoms with Gasteiger partial charge in [0.25, 0.3) is 0 Å². The van der Waals surface area contributed by atoms with Gasteiger partial charge in [0.05, 0.1) is 5.92 Å². The molecule has 0 spiro atoms. The van der Waals surface area contributed by atoms with Gasteiger partial charge in [0, 0.05) is 41.5 Å². The second-order valence-corrected chi connectivity index (χ2v) is 7.54. The fourth-order valence-corrected chi connectivity index (χ4v) is 3.49. The quantitative estimate of drug-likeness (QED) is 0.791. The predicted molar refractivity (Wildman–Crippen MR) is 96.5 cm³/mol. The second-order valence-electron chi connectivity index (χ2n) is 7.27. The number of amides is 1. The van der Waals surface area contributed by atoms with E-state index in [0.29, 0.717) is 12.3 Å². The number of aromatic nitrogens is 2. The first-order chi connectivity index (χ1) is 11.3. The van der Waals surface area contributed by atoms with Crippen LogP contribution in [0.4, 0.5) is 5.82 Å². The molecule has 24 heavy (non-hydrogen) atoms. The largest absolute Gasteiger partial charge is 0.291 e. The summed E-state index contributed by atoms with van der Waals surface area (Å²) in [4.78, 5) is 23.9. The van der Waals surface area contributed by atoms with Gasteiger partial charge >= 0.3 is 0 Å². The van der Waals surface area contributed by atoms with Crippen LogP contribution in [-0.4, -0.2) is 21.4 Å². The monoisotopic (exact) mass is 343 g/mol. The summed E-state index contributed by atoms with van der Waals surface area (Å²) in [5, 5.41) is 0. The Labute approximate surface area is 147 Å².